The van der Waals surface area contributed by atoms with Crippen LogP contribution in [-0.2, 0) is 11.3 Å². The molecule has 0 radical (unpaired) electrons. The van der Waals surface area contributed by atoms with Gasteiger partial charge in [0.2, 0.25) is 5.91 Å². The lowest BCUT2D eigenvalue weighted by atomic mass is 9.94. The van der Waals surface area contributed by atoms with E-state index >= 15 is 0 Å². The van der Waals surface area contributed by atoms with Crippen molar-refractivity contribution >= 4 is 11.6 Å². The maximum absolute atomic E-state index is 11.6. The molecular formula is C18H26N2O. The predicted octanol–water partition coefficient (Wildman–Crippen LogP) is 3.73. The molecule has 1 atom stereocenters. The van der Waals surface area contributed by atoms with E-state index in [0.717, 1.165) is 24.7 Å². The summed E-state index contributed by atoms with van der Waals surface area (Å²) < 4.78 is 0. The Bertz CT molecular complexity index is 476. The highest BCUT2D eigenvalue weighted by molar-refractivity contribution is 5.91. The highest BCUT2D eigenvalue weighted by Crippen LogP contribution is 2.17. The summed E-state index contributed by atoms with van der Waals surface area (Å²) in [6, 6.07) is 8.09. The number of nitrogens with one attached hydrogen (secondary N) is 2. The van der Waals surface area contributed by atoms with E-state index in [1.807, 2.05) is 26.0 Å². The lowest BCUT2D eigenvalue weighted by molar-refractivity contribution is -0.118. The molecule has 1 aliphatic carbocycles. The molecule has 0 saturated heterocycles. The average molecular weight is 286 g/mol. The van der Waals surface area contributed by atoms with Gasteiger partial charge in [-0.2, -0.15) is 0 Å². The first-order valence-electron chi connectivity index (χ1n) is 7.90. The van der Waals surface area contributed by atoms with Crippen LogP contribution in [0.4, 0.5) is 5.69 Å². The number of carbonyl (C=O) groups excluding carboxylic acids is 1. The second kappa shape index (κ2) is 7.99. The van der Waals surface area contributed by atoms with Gasteiger partial charge in [-0.1, -0.05) is 38.1 Å². The first-order valence-corrected chi connectivity index (χ1v) is 7.90. The first kappa shape index (κ1) is 15.8. The zero-order chi connectivity index (χ0) is 15.1. The number of hydrogen-bond acceptors (Lipinski definition) is 2. The van der Waals surface area contributed by atoms with Crippen LogP contribution in [0, 0.1) is 11.8 Å². The van der Waals surface area contributed by atoms with Gasteiger partial charge in [0, 0.05) is 18.2 Å². The molecule has 0 fully saturated rings. The minimum Gasteiger partial charge on any atom is -0.326 e. The highest BCUT2D eigenvalue weighted by Gasteiger charge is 2.09. The molecule has 1 aliphatic rings. The predicted molar refractivity (Wildman–Crippen MR) is 88.1 cm³/mol. The lowest BCUT2D eigenvalue weighted by Crippen LogP contribution is -2.23. The van der Waals surface area contributed by atoms with Gasteiger partial charge < -0.3 is 10.6 Å². The molecule has 1 amide bonds. The Balaban J connectivity index is 1.74. The van der Waals surface area contributed by atoms with Crippen LogP contribution >= 0.6 is 0 Å². The molecule has 0 aromatic heterocycles. The van der Waals surface area contributed by atoms with Crippen molar-refractivity contribution < 1.29 is 4.79 Å². The van der Waals surface area contributed by atoms with Crippen LogP contribution in [0.5, 0.6) is 0 Å². The summed E-state index contributed by atoms with van der Waals surface area (Å²) in [5, 5.41) is 6.44. The Labute approximate surface area is 127 Å². The Kier molecular flexibility index (Phi) is 6.00. The highest BCUT2D eigenvalue weighted by atomic mass is 16.1. The van der Waals surface area contributed by atoms with Gasteiger partial charge in [-0.25, -0.2) is 0 Å². The molecular weight excluding hydrogens is 260 g/mol. The van der Waals surface area contributed by atoms with Crippen molar-refractivity contribution in [2.45, 2.75) is 39.7 Å². The molecule has 0 spiro atoms. The van der Waals surface area contributed by atoms with Crippen molar-refractivity contribution in [3.63, 3.8) is 0 Å². The molecule has 1 aromatic carbocycles. The van der Waals surface area contributed by atoms with Gasteiger partial charge in [0.1, 0.15) is 0 Å². The van der Waals surface area contributed by atoms with Crippen molar-refractivity contribution in [3.05, 3.63) is 42.0 Å². The Hall–Kier alpha value is -1.61. The quantitative estimate of drug-likeness (QED) is 0.782. The fraction of sp³-hybridized carbons (Fsp3) is 0.500. The monoisotopic (exact) mass is 286 g/mol. The molecule has 0 saturated carbocycles. The summed E-state index contributed by atoms with van der Waals surface area (Å²) in [4.78, 5) is 11.6. The minimum absolute atomic E-state index is 0.0101. The molecule has 3 heteroatoms. The fourth-order valence-corrected chi connectivity index (χ4v) is 2.45. The van der Waals surface area contributed by atoms with Crippen molar-refractivity contribution in [1.82, 2.24) is 5.32 Å². The van der Waals surface area contributed by atoms with Gasteiger partial charge >= 0.3 is 0 Å². The van der Waals surface area contributed by atoms with Gasteiger partial charge in [0.15, 0.2) is 0 Å². The first-order chi connectivity index (χ1) is 10.1. The van der Waals surface area contributed by atoms with Crippen molar-refractivity contribution in [1.29, 1.82) is 0 Å². The van der Waals surface area contributed by atoms with Gasteiger partial charge in [-0.3, -0.25) is 4.79 Å². The standard InChI is InChI=1S/C18H26N2O/c1-14(2)18(21)20-17-10-8-16(9-11-17)13-19-12-15-6-4-3-5-7-15/h3-4,8-11,14-15,19H,5-7,12-13H2,1-2H3,(H,20,21). The topological polar surface area (TPSA) is 41.1 Å². The number of hydrogen-bond donors (Lipinski definition) is 2. The fourth-order valence-electron chi connectivity index (χ4n) is 2.45. The summed E-state index contributed by atoms with van der Waals surface area (Å²) in [6.07, 6.45) is 8.29. The minimum atomic E-state index is 0.0101. The van der Waals surface area contributed by atoms with E-state index in [0.29, 0.717) is 0 Å². The van der Waals surface area contributed by atoms with E-state index in [1.54, 1.807) is 0 Å². The summed E-state index contributed by atoms with van der Waals surface area (Å²) in [5.41, 5.74) is 2.12. The van der Waals surface area contributed by atoms with E-state index in [2.05, 4.69) is 34.9 Å². The zero-order valence-electron chi connectivity index (χ0n) is 13.1. The van der Waals surface area contributed by atoms with E-state index in [9.17, 15) is 4.79 Å². The molecule has 1 aromatic rings. The van der Waals surface area contributed by atoms with Crippen LogP contribution in [0.3, 0.4) is 0 Å². The van der Waals surface area contributed by atoms with Crippen molar-refractivity contribution in [2.75, 3.05) is 11.9 Å². The van der Waals surface area contributed by atoms with Crippen LogP contribution in [0.2, 0.25) is 0 Å². The normalized spacial score (nSPS) is 18.0. The Morgan fingerprint density at radius 3 is 2.62 bits per heavy atom. The van der Waals surface area contributed by atoms with Crippen LogP contribution < -0.4 is 10.6 Å². The van der Waals surface area contributed by atoms with Gasteiger partial charge in [-0.05, 0) is 49.4 Å². The zero-order valence-corrected chi connectivity index (χ0v) is 13.1. The van der Waals surface area contributed by atoms with Gasteiger partial charge in [0.25, 0.3) is 0 Å². The molecule has 21 heavy (non-hydrogen) atoms. The number of anilines is 1. The van der Waals surface area contributed by atoms with Crippen LogP contribution in [-0.4, -0.2) is 12.5 Å². The maximum Gasteiger partial charge on any atom is 0.226 e. The number of rotatable bonds is 6. The molecule has 0 heterocycles. The third-order valence-electron chi connectivity index (χ3n) is 3.89. The van der Waals surface area contributed by atoms with Crippen molar-refractivity contribution in [2.24, 2.45) is 11.8 Å². The average Bonchev–Trinajstić information content (AvgIpc) is 2.50. The van der Waals surface area contributed by atoms with Crippen LogP contribution in [0.15, 0.2) is 36.4 Å². The summed E-state index contributed by atoms with van der Waals surface area (Å²) in [7, 11) is 0. The van der Waals surface area contributed by atoms with E-state index in [1.165, 1.54) is 24.8 Å². The summed E-state index contributed by atoms with van der Waals surface area (Å²) in [5.74, 6) is 0.849. The third kappa shape index (κ3) is 5.35. The van der Waals surface area contributed by atoms with Gasteiger partial charge in [0.05, 0.1) is 0 Å². The number of carbonyl (C=O) groups is 1. The molecule has 114 valence electrons. The molecule has 1 unspecified atom stereocenters. The molecule has 0 bridgehead atoms. The second-order valence-corrected chi connectivity index (χ2v) is 6.12. The summed E-state index contributed by atoms with van der Waals surface area (Å²) in [6.45, 7) is 5.76. The number of amides is 1. The number of benzene rings is 1. The largest absolute Gasteiger partial charge is 0.326 e. The maximum atomic E-state index is 11.6. The van der Waals surface area contributed by atoms with Crippen LogP contribution in [0.25, 0.3) is 0 Å². The van der Waals surface area contributed by atoms with Gasteiger partial charge in [-0.15, -0.1) is 0 Å². The SMILES string of the molecule is CC(C)C(=O)Nc1ccc(CNCC2CC=CCC2)cc1. The summed E-state index contributed by atoms with van der Waals surface area (Å²) >= 11 is 0. The Morgan fingerprint density at radius 1 is 1.24 bits per heavy atom. The molecule has 3 nitrogen and oxygen atoms in total. The third-order valence-corrected chi connectivity index (χ3v) is 3.89. The van der Waals surface area contributed by atoms with E-state index in [4.69, 9.17) is 0 Å². The molecule has 2 N–H and O–H groups in total. The van der Waals surface area contributed by atoms with E-state index in [-0.39, 0.29) is 11.8 Å². The van der Waals surface area contributed by atoms with Crippen LogP contribution in [0.1, 0.15) is 38.7 Å². The number of allylic oxidation sites excluding steroid dienone is 2. The smallest absolute Gasteiger partial charge is 0.226 e. The van der Waals surface area contributed by atoms with Crippen molar-refractivity contribution in [3.8, 4) is 0 Å². The lowest BCUT2D eigenvalue weighted by Gasteiger charge is -2.18. The molecule has 0 aliphatic heterocycles. The molecule has 2 rings (SSSR count). The van der Waals surface area contributed by atoms with E-state index < -0.39 is 0 Å². The Morgan fingerprint density at radius 2 is 2.00 bits per heavy atom. The second-order valence-electron chi connectivity index (χ2n) is 6.12.